The summed E-state index contributed by atoms with van der Waals surface area (Å²) in [6, 6.07) is 8.48. The van der Waals surface area contributed by atoms with Crippen molar-refractivity contribution in [3.05, 3.63) is 67.7 Å². The summed E-state index contributed by atoms with van der Waals surface area (Å²) in [5, 5.41) is 9.56. The number of rotatable bonds is 5. The largest absolute Gasteiger partial charge is 0.325 e. The first-order chi connectivity index (χ1) is 12.1. The van der Waals surface area contributed by atoms with Gasteiger partial charge in [0.05, 0.1) is 5.75 Å². The molecule has 2 N–H and O–H groups in total. The van der Waals surface area contributed by atoms with Crippen LogP contribution in [-0.4, -0.2) is 30.5 Å². The highest BCUT2D eigenvalue weighted by Gasteiger charge is 2.15. The Kier molecular flexibility index (Phi) is 5.07. The Morgan fingerprint density at radius 3 is 2.64 bits per heavy atom. The molecule has 3 aromatic rings. The first-order valence-corrected chi connectivity index (χ1v) is 8.52. The van der Waals surface area contributed by atoms with Crippen LogP contribution in [0.5, 0.6) is 0 Å². The van der Waals surface area contributed by atoms with Crippen LogP contribution in [0, 0.1) is 12.3 Å². The molecule has 3 rings (SSSR count). The zero-order valence-electron chi connectivity index (χ0n) is 12.8. The molecule has 0 aliphatic heterocycles. The first-order valence-electron chi connectivity index (χ1n) is 7.16. The third-order valence-electron chi connectivity index (χ3n) is 3.23. The molecule has 0 spiro atoms. The molecule has 0 bridgehead atoms. The average molecular weight is 374 g/mol. The monoisotopic (exact) mass is 373 g/mol. The van der Waals surface area contributed by atoms with E-state index in [9.17, 15) is 9.59 Å². The van der Waals surface area contributed by atoms with Gasteiger partial charge in [0.1, 0.15) is 5.82 Å². The molecular formula is C16H12ClN5O2S. The van der Waals surface area contributed by atoms with Gasteiger partial charge >= 0.3 is 5.69 Å². The highest BCUT2D eigenvalue weighted by Crippen LogP contribution is 2.23. The molecule has 0 amide bonds. The molecule has 126 valence electrons. The van der Waals surface area contributed by atoms with Crippen molar-refractivity contribution in [2.45, 2.75) is 11.6 Å². The summed E-state index contributed by atoms with van der Waals surface area (Å²) >= 11 is 7.31. The third-order valence-corrected chi connectivity index (χ3v) is 4.32. The van der Waals surface area contributed by atoms with Crippen LogP contribution in [0.15, 0.2) is 45.1 Å². The molecule has 7 nitrogen and oxygen atoms in total. The third kappa shape index (κ3) is 4.02. The van der Waals surface area contributed by atoms with E-state index < -0.39 is 11.2 Å². The van der Waals surface area contributed by atoms with Crippen molar-refractivity contribution in [2.75, 3.05) is 5.75 Å². The summed E-state index contributed by atoms with van der Waals surface area (Å²) in [6.45, 7) is 0. The molecule has 25 heavy (non-hydrogen) atoms. The smallest absolute Gasteiger partial charge is 0.311 e. The van der Waals surface area contributed by atoms with Crippen molar-refractivity contribution in [2.24, 2.45) is 0 Å². The second kappa shape index (κ2) is 7.42. The summed E-state index contributed by atoms with van der Waals surface area (Å²) in [4.78, 5) is 27.6. The van der Waals surface area contributed by atoms with Gasteiger partial charge in [-0.15, -0.1) is 16.6 Å². The number of aromatic amines is 2. The van der Waals surface area contributed by atoms with Crippen molar-refractivity contribution in [1.29, 1.82) is 0 Å². The maximum Gasteiger partial charge on any atom is 0.325 e. The maximum absolute atomic E-state index is 11.5. The molecule has 0 radical (unpaired) electrons. The fraction of sp³-hybridized carbons (Fsp3) is 0.125. The molecule has 0 aliphatic carbocycles. The zero-order chi connectivity index (χ0) is 17.8. The van der Waals surface area contributed by atoms with Crippen molar-refractivity contribution in [3.63, 3.8) is 0 Å². The van der Waals surface area contributed by atoms with Gasteiger partial charge in [-0.2, -0.15) is 0 Å². The number of halogens is 1. The predicted molar refractivity (Wildman–Crippen MR) is 96.4 cm³/mol. The Morgan fingerprint density at radius 1 is 1.20 bits per heavy atom. The van der Waals surface area contributed by atoms with Gasteiger partial charge in [-0.1, -0.05) is 29.3 Å². The van der Waals surface area contributed by atoms with Crippen LogP contribution in [0.4, 0.5) is 0 Å². The minimum absolute atomic E-state index is 0.228. The average Bonchev–Trinajstić information content (AvgIpc) is 2.95. The van der Waals surface area contributed by atoms with Gasteiger partial charge < -0.3 is 4.98 Å². The molecule has 9 heteroatoms. The number of hydrogen-bond donors (Lipinski definition) is 2. The minimum atomic E-state index is -0.568. The Labute approximate surface area is 151 Å². The number of aromatic nitrogens is 5. The first kappa shape index (κ1) is 17.1. The zero-order valence-corrected chi connectivity index (χ0v) is 14.4. The summed E-state index contributed by atoms with van der Waals surface area (Å²) in [5.74, 6) is 3.54. The molecule has 0 saturated heterocycles. The second-order valence-electron chi connectivity index (χ2n) is 4.99. The number of benzene rings is 1. The Morgan fingerprint density at radius 2 is 1.96 bits per heavy atom. The fourth-order valence-corrected chi connectivity index (χ4v) is 3.03. The van der Waals surface area contributed by atoms with Crippen LogP contribution < -0.4 is 11.2 Å². The lowest BCUT2D eigenvalue weighted by Gasteiger charge is -2.09. The van der Waals surface area contributed by atoms with Gasteiger partial charge in [-0.3, -0.25) is 14.3 Å². The van der Waals surface area contributed by atoms with Crippen LogP contribution in [0.2, 0.25) is 5.02 Å². The molecule has 0 fully saturated rings. The van der Waals surface area contributed by atoms with Gasteiger partial charge in [0.15, 0.2) is 5.16 Å². The molecule has 2 heterocycles. The summed E-state index contributed by atoms with van der Waals surface area (Å²) < 4.78 is 1.82. The molecule has 0 unspecified atom stereocenters. The van der Waals surface area contributed by atoms with Crippen molar-refractivity contribution < 1.29 is 0 Å². The molecule has 0 saturated carbocycles. The summed E-state index contributed by atoms with van der Waals surface area (Å²) in [7, 11) is 0. The van der Waals surface area contributed by atoms with Gasteiger partial charge in [-0.05, 0) is 24.3 Å². The lowest BCUT2D eigenvalue weighted by molar-refractivity contribution is 0.830. The van der Waals surface area contributed by atoms with Gasteiger partial charge in [0.2, 0.25) is 0 Å². The van der Waals surface area contributed by atoms with E-state index in [1.807, 2.05) is 16.7 Å². The van der Waals surface area contributed by atoms with Crippen molar-refractivity contribution in [1.82, 2.24) is 24.7 Å². The second-order valence-corrected chi connectivity index (χ2v) is 6.37. The number of nitrogens with one attached hydrogen (secondary N) is 2. The molecule has 1 aromatic carbocycles. The Hall–Kier alpha value is -2.76. The SMILES string of the molecule is C#CCSc1nnc(Cc2cc(=O)[nH]c(=O)[nH]2)n1-c1ccc(Cl)cc1. The van der Waals surface area contributed by atoms with E-state index in [1.165, 1.54) is 17.8 Å². The van der Waals surface area contributed by atoms with E-state index in [0.29, 0.717) is 27.5 Å². The Bertz CT molecular complexity index is 1020. The minimum Gasteiger partial charge on any atom is -0.311 e. The Balaban J connectivity index is 2.05. The van der Waals surface area contributed by atoms with Gasteiger partial charge in [0, 0.05) is 28.9 Å². The highest BCUT2D eigenvalue weighted by molar-refractivity contribution is 7.99. The fourth-order valence-electron chi connectivity index (χ4n) is 2.25. The summed E-state index contributed by atoms with van der Waals surface area (Å²) in [6.07, 6.45) is 5.55. The molecule has 0 atom stereocenters. The number of nitrogens with zero attached hydrogens (tertiary/aromatic N) is 3. The van der Waals surface area contributed by atoms with Crippen LogP contribution in [0.1, 0.15) is 11.5 Å². The lowest BCUT2D eigenvalue weighted by atomic mass is 10.2. The number of thioether (sulfide) groups is 1. The number of H-pyrrole nitrogens is 2. The highest BCUT2D eigenvalue weighted by atomic mass is 35.5. The van der Waals surface area contributed by atoms with E-state index in [0.717, 1.165) is 5.69 Å². The van der Waals surface area contributed by atoms with Crippen LogP contribution in [0.3, 0.4) is 0 Å². The van der Waals surface area contributed by atoms with Gasteiger partial charge in [-0.25, -0.2) is 4.79 Å². The molecule has 2 aromatic heterocycles. The van der Waals surface area contributed by atoms with E-state index >= 15 is 0 Å². The van der Waals surface area contributed by atoms with E-state index in [1.54, 1.807) is 12.1 Å². The van der Waals surface area contributed by atoms with E-state index in [-0.39, 0.29) is 6.42 Å². The normalized spacial score (nSPS) is 10.6. The van der Waals surface area contributed by atoms with Crippen molar-refractivity contribution in [3.8, 4) is 18.0 Å². The van der Waals surface area contributed by atoms with Crippen LogP contribution >= 0.6 is 23.4 Å². The topological polar surface area (TPSA) is 96.4 Å². The van der Waals surface area contributed by atoms with Crippen LogP contribution in [-0.2, 0) is 6.42 Å². The maximum atomic E-state index is 11.5. The summed E-state index contributed by atoms with van der Waals surface area (Å²) in [5.41, 5.74) is 0.196. The molecular weight excluding hydrogens is 362 g/mol. The van der Waals surface area contributed by atoms with Crippen molar-refractivity contribution >= 4 is 23.4 Å². The van der Waals surface area contributed by atoms with E-state index in [2.05, 4.69) is 26.1 Å². The van der Waals surface area contributed by atoms with Gasteiger partial charge in [0.25, 0.3) is 5.56 Å². The van der Waals surface area contributed by atoms with E-state index in [4.69, 9.17) is 18.0 Å². The quantitative estimate of drug-likeness (QED) is 0.523. The van der Waals surface area contributed by atoms with Crippen LogP contribution in [0.25, 0.3) is 5.69 Å². The lowest BCUT2D eigenvalue weighted by Crippen LogP contribution is -2.23. The molecule has 0 aliphatic rings. The number of hydrogen-bond acceptors (Lipinski definition) is 5. The number of terminal acetylenes is 1. The predicted octanol–water partition coefficient (Wildman–Crippen LogP) is 1.61. The standard InChI is InChI=1S/C16H12ClN5O2S/c1-2-7-25-16-21-20-13(8-11-9-14(23)19-15(24)18-11)22(16)12-5-3-10(17)4-6-12/h1,3-6,9H,7-8H2,(H2,18,19,23,24).